The molecule has 0 saturated carbocycles. The number of nitrogens with two attached hydrogens (primary N) is 1. The van der Waals surface area contributed by atoms with Crippen molar-refractivity contribution in [1.29, 1.82) is 0 Å². The van der Waals surface area contributed by atoms with Gasteiger partial charge < -0.3 is 11.1 Å². The number of sulfone groups is 1. The van der Waals surface area contributed by atoms with Crippen LogP contribution in [0.5, 0.6) is 0 Å². The van der Waals surface area contributed by atoms with Crippen LogP contribution in [0.3, 0.4) is 0 Å². The molecule has 1 aromatic carbocycles. The van der Waals surface area contributed by atoms with E-state index in [1.54, 1.807) is 0 Å². The summed E-state index contributed by atoms with van der Waals surface area (Å²) in [6.07, 6.45) is 4.16. The lowest BCUT2D eigenvalue weighted by Gasteiger charge is -2.08. The molecule has 0 unspecified atom stereocenters. The van der Waals surface area contributed by atoms with E-state index in [0.717, 1.165) is 37.9 Å². The molecular formula is C13H20F2N2O2S. The Morgan fingerprint density at radius 3 is 2.20 bits per heavy atom. The van der Waals surface area contributed by atoms with Crippen LogP contribution in [0.2, 0.25) is 0 Å². The molecule has 0 amide bonds. The van der Waals surface area contributed by atoms with E-state index in [-0.39, 0.29) is 4.90 Å². The van der Waals surface area contributed by atoms with Crippen LogP contribution in [0, 0.1) is 0 Å². The van der Waals surface area contributed by atoms with Crippen LogP contribution in [0.15, 0.2) is 29.2 Å². The second-order valence-corrected chi connectivity index (χ2v) is 6.38. The highest BCUT2D eigenvalue weighted by atomic mass is 32.2. The van der Waals surface area contributed by atoms with Gasteiger partial charge in [-0.1, -0.05) is 12.8 Å². The van der Waals surface area contributed by atoms with E-state index >= 15 is 0 Å². The van der Waals surface area contributed by atoms with Gasteiger partial charge in [-0.25, -0.2) is 8.42 Å². The van der Waals surface area contributed by atoms with Crippen LogP contribution in [-0.4, -0.2) is 27.3 Å². The Bertz CT molecular complexity index is 490. The van der Waals surface area contributed by atoms with Crippen LogP contribution in [0.25, 0.3) is 0 Å². The Labute approximate surface area is 118 Å². The first-order valence-corrected chi connectivity index (χ1v) is 8.09. The molecule has 0 aliphatic carbocycles. The van der Waals surface area contributed by atoms with Gasteiger partial charge in [-0.05, 0) is 43.7 Å². The quantitative estimate of drug-likeness (QED) is 0.688. The van der Waals surface area contributed by atoms with Gasteiger partial charge in [-0.2, -0.15) is 8.78 Å². The standard InChI is InChI=1S/C13H20F2N2O2S/c14-13(15)20(18,19)12-7-5-11(6-8-12)17-10-4-2-1-3-9-16/h5-8,13,17H,1-4,9-10,16H2. The van der Waals surface area contributed by atoms with Gasteiger partial charge in [0.05, 0.1) is 4.90 Å². The third-order valence-corrected chi connectivity index (χ3v) is 4.28. The highest BCUT2D eigenvalue weighted by Gasteiger charge is 2.26. The molecule has 0 heterocycles. The predicted octanol–water partition coefficient (Wildman–Crippen LogP) is 2.61. The van der Waals surface area contributed by atoms with E-state index in [2.05, 4.69) is 5.32 Å². The topological polar surface area (TPSA) is 72.2 Å². The van der Waals surface area contributed by atoms with Crippen LogP contribution in [-0.2, 0) is 9.84 Å². The maximum absolute atomic E-state index is 12.3. The summed E-state index contributed by atoms with van der Waals surface area (Å²) in [7, 11) is -4.50. The number of halogens is 2. The van der Waals surface area contributed by atoms with Crippen molar-refractivity contribution in [2.24, 2.45) is 5.73 Å². The van der Waals surface area contributed by atoms with Crippen LogP contribution in [0.4, 0.5) is 14.5 Å². The fourth-order valence-electron chi connectivity index (χ4n) is 1.72. The fraction of sp³-hybridized carbons (Fsp3) is 0.538. The summed E-state index contributed by atoms with van der Waals surface area (Å²) in [5.74, 6) is -3.39. The Hall–Kier alpha value is -1.21. The van der Waals surface area contributed by atoms with Crippen molar-refractivity contribution in [2.75, 3.05) is 18.4 Å². The third kappa shape index (κ3) is 5.05. The van der Waals surface area contributed by atoms with Crippen LogP contribution >= 0.6 is 0 Å². The van der Waals surface area contributed by atoms with Gasteiger partial charge >= 0.3 is 5.76 Å². The molecule has 0 radical (unpaired) electrons. The molecule has 0 aromatic heterocycles. The summed E-state index contributed by atoms with van der Waals surface area (Å²) in [4.78, 5) is -0.360. The Morgan fingerprint density at radius 2 is 1.65 bits per heavy atom. The van der Waals surface area contributed by atoms with Gasteiger partial charge in [-0.15, -0.1) is 0 Å². The first-order valence-electron chi connectivity index (χ1n) is 6.54. The lowest BCUT2D eigenvalue weighted by molar-refractivity contribution is 0.234. The molecule has 0 atom stereocenters. The molecule has 7 heteroatoms. The number of hydrogen-bond donors (Lipinski definition) is 2. The molecule has 0 fully saturated rings. The summed E-state index contributed by atoms with van der Waals surface area (Å²) in [5.41, 5.74) is 6.11. The van der Waals surface area contributed by atoms with E-state index in [4.69, 9.17) is 5.73 Å². The molecule has 0 saturated heterocycles. The normalized spacial score (nSPS) is 11.8. The van der Waals surface area contributed by atoms with Crippen molar-refractivity contribution < 1.29 is 17.2 Å². The Balaban J connectivity index is 2.44. The zero-order chi connectivity index (χ0) is 15.0. The molecular weight excluding hydrogens is 286 g/mol. The molecule has 114 valence electrons. The van der Waals surface area contributed by atoms with Gasteiger partial charge in [0.25, 0.3) is 0 Å². The van der Waals surface area contributed by atoms with Crippen LogP contribution < -0.4 is 11.1 Å². The molecule has 1 aromatic rings. The van der Waals surface area contributed by atoms with Crippen molar-refractivity contribution in [3.05, 3.63) is 24.3 Å². The number of unbranched alkanes of at least 4 members (excludes halogenated alkanes) is 3. The van der Waals surface area contributed by atoms with Crippen molar-refractivity contribution in [2.45, 2.75) is 36.3 Å². The van der Waals surface area contributed by atoms with Crippen LogP contribution in [0.1, 0.15) is 25.7 Å². The number of hydrogen-bond acceptors (Lipinski definition) is 4. The second-order valence-electron chi connectivity index (χ2n) is 4.46. The number of nitrogens with one attached hydrogen (secondary N) is 1. The summed E-state index contributed by atoms with van der Waals surface area (Å²) in [6.45, 7) is 1.46. The molecule has 0 bridgehead atoms. The Morgan fingerprint density at radius 1 is 1.05 bits per heavy atom. The molecule has 4 nitrogen and oxygen atoms in total. The summed E-state index contributed by atoms with van der Waals surface area (Å²) in [5, 5.41) is 3.12. The minimum absolute atomic E-state index is 0.360. The monoisotopic (exact) mass is 306 g/mol. The first kappa shape index (κ1) is 16.8. The second kappa shape index (κ2) is 8.16. The van der Waals surface area contributed by atoms with E-state index in [0.29, 0.717) is 6.54 Å². The minimum atomic E-state index is -4.50. The van der Waals surface area contributed by atoms with E-state index in [9.17, 15) is 17.2 Å². The number of alkyl halides is 2. The van der Waals surface area contributed by atoms with E-state index in [1.165, 1.54) is 24.3 Å². The zero-order valence-electron chi connectivity index (χ0n) is 11.2. The first-order chi connectivity index (χ1) is 9.48. The lowest BCUT2D eigenvalue weighted by atomic mass is 10.2. The molecule has 1 rings (SSSR count). The van der Waals surface area contributed by atoms with Crippen molar-refractivity contribution in [3.63, 3.8) is 0 Å². The average molecular weight is 306 g/mol. The minimum Gasteiger partial charge on any atom is -0.385 e. The lowest BCUT2D eigenvalue weighted by Crippen LogP contribution is -2.11. The summed E-state index contributed by atoms with van der Waals surface area (Å²) >= 11 is 0. The number of anilines is 1. The average Bonchev–Trinajstić information content (AvgIpc) is 2.43. The third-order valence-electron chi connectivity index (χ3n) is 2.88. The summed E-state index contributed by atoms with van der Waals surface area (Å²) in [6, 6.07) is 5.38. The molecule has 20 heavy (non-hydrogen) atoms. The molecule has 0 aliphatic rings. The zero-order valence-corrected chi connectivity index (χ0v) is 12.0. The fourth-order valence-corrected chi connectivity index (χ4v) is 2.44. The SMILES string of the molecule is NCCCCCCNc1ccc(S(=O)(=O)C(F)F)cc1. The predicted molar refractivity (Wildman–Crippen MR) is 75.6 cm³/mol. The molecule has 3 N–H and O–H groups in total. The number of rotatable bonds is 9. The Kier molecular flexibility index (Phi) is 6.87. The highest BCUT2D eigenvalue weighted by Crippen LogP contribution is 2.20. The smallest absolute Gasteiger partial charge is 0.341 e. The van der Waals surface area contributed by atoms with E-state index < -0.39 is 15.6 Å². The van der Waals surface area contributed by atoms with Crippen molar-refractivity contribution in [3.8, 4) is 0 Å². The molecule has 0 spiro atoms. The van der Waals surface area contributed by atoms with Gasteiger partial charge in [0, 0.05) is 12.2 Å². The number of benzene rings is 1. The van der Waals surface area contributed by atoms with Gasteiger partial charge in [0.2, 0.25) is 9.84 Å². The maximum Gasteiger partial charge on any atom is 0.341 e. The van der Waals surface area contributed by atoms with Crippen molar-refractivity contribution >= 4 is 15.5 Å². The largest absolute Gasteiger partial charge is 0.385 e. The van der Waals surface area contributed by atoms with Gasteiger partial charge in [-0.3, -0.25) is 0 Å². The summed E-state index contributed by atoms with van der Waals surface area (Å²) < 4.78 is 47.1. The van der Waals surface area contributed by atoms with E-state index in [1.807, 2.05) is 0 Å². The highest BCUT2D eigenvalue weighted by molar-refractivity contribution is 7.91. The van der Waals surface area contributed by atoms with Gasteiger partial charge in [0.1, 0.15) is 0 Å². The molecule has 0 aliphatic heterocycles. The van der Waals surface area contributed by atoms with Crippen molar-refractivity contribution in [1.82, 2.24) is 0 Å². The van der Waals surface area contributed by atoms with Gasteiger partial charge in [0.15, 0.2) is 0 Å². The maximum atomic E-state index is 12.3.